The quantitative estimate of drug-likeness (QED) is 0.0196. The summed E-state index contributed by atoms with van der Waals surface area (Å²) in [6, 6.07) is 0. The number of aliphatic hydroxyl groups is 3. The van der Waals surface area contributed by atoms with Gasteiger partial charge in [0.25, 0.3) is 10.1 Å². The standard InChI is InChI=1S/C52H94O12S/c1-3-5-7-9-11-13-15-17-19-20-21-22-23-24-25-27-29-31-33-35-37-39-41-48(54)63-45(43-62-52-51(57)50(56)49(55)46(64-52)44-65(58,59)60)42-61-47(53)40-38-36-34-32-30-28-26-18-16-14-12-10-8-6-4-2/h6,8,12,14,18,26,45-46,49-52,55-57H,3-5,7,9-11,13,15-17,19-25,27-44H2,1-2H3,(H,58,59,60)/b8-6+,14-12+,26-18+/t45-,46-,49-,50?,51?,52+/m1/s1. The second kappa shape index (κ2) is 42.0. The summed E-state index contributed by atoms with van der Waals surface area (Å²) in [5, 5.41) is 31.0. The van der Waals surface area contributed by atoms with E-state index in [2.05, 4.69) is 50.3 Å². The molecule has 0 radical (unpaired) electrons. The highest BCUT2D eigenvalue weighted by Gasteiger charge is 2.46. The minimum Gasteiger partial charge on any atom is -0.462 e. The van der Waals surface area contributed by atoms with Gasteiger partial charge in [-0.3, -0.25) is 14.1 Å². The van der Waals surface area contributed by atoms with Crippen LogP contribution in [-0.2, 0) is 38.7 Å². The molecule has 0 amide bonds. The summed E-state index contributed by atoms with van der Waals surface area (Å²) >= 11 is 0. The van der Waals surface area contributed by atoms with Gasteiger partial charge in [-0.1, -0.05) is 204 Å². The molecule has 0 aromatic carbocycles. The molecule has 1 aliphatic rings. The number of allylic oxidation sites excluding steroid dienone is 6. The van der Waals surface area contributed by atoms with Crippen molar-refractivity contribution in [1.82, 2.24) is 0 Å². The first-order valence-electron chi connectivity index (χ1n) is 26.0. The van der Waals surface area contributed by atoms with Gasteiger partial charge in [-0.2, -0.15) is 8.42 Å². The van der Waals surface area contributed by atoms with Crippen LogP contribution in [0.25, 0.3) is 0 Å². The fourth-order valence-corrected chi connectivity index (χ4v) is 8.68. The number of esters is 2. The Labute approximate surface area is 395 Å². The number of aliphatic hydroxyl groups excluding tert-OH is 3. The van der Waals surface area contributed by atoms with Crippen LogP contribution in [0.2, 0.25) is 0 Å². The molecular weight excluding hydrogens is 849 g/mol. The number of unbranched alkanes of at least 4 members (excludes halogenated alkanes) is 26. The van der Waals surface area contributed by atoms with Gasteiger partial charge in [0.2, 0.25) is 0 Å². The maximum atomic E-state index is 12.9. The van der Waals surface area contributed by atoms with E-state index in [0.717, 1.165) is 70.6 Å². The van der Waals surface area contributed by atoms with Crippen molar-refractivity contribution in [2.45, 2.75) is 263 Å². The third-order valence-electron chi connectivity index (χ3n) is 12.0. The Morgan fingerprint density at radius 1 is 0.538 bits per heavy atom. The Hall–Kier alpha value is -2.13. The number of hydrogen-bond donors (Lipinski definition) is 4. The molecule has 0 aliphatic carbocycles. The van der Waals surface area contributed by atoms with E-state index in [-0.39, 0.29) is 19.4 Å². The van der Waals surface area contributed by atoms with Gasteiger partial charge in [0, 0.05) is 12.8 Å². The van der Waals surface area contributed by atoms with E-state index < -0.39 is 71.2 Å². The van der Waals surface area contributed by atoms with E-state index in [0.29, 0.717) is 12.8 Å². The normalized spacial score (nSPS) is 19.8. The van der Waals surface area contributed by atoms with E-state index >= 15 is 0 Å². The molecule has 0 aromatic rings. The van der Waals surface area contributed by atoms with Crippen molar-refractivity contribution in [2.24, 2.45) is 0 Å². The smallest absolute Gasteiger partial charge is 0.306 e. The minimum absolute atomic E-state index is 0.164. The lowest BCUT2D eigenvalue weighted by atomic mass is 10.00. The Balaban J connectivity index is 2.35. The van der Waals surface area contributed by atoms with Crippen LogP contribution >= 0.6 is 0 Å². The molecule has 65 heavy (non-hydrogen) atoms. The molecule has 380 valence electrons. The number of rotatable bonds is 44. The maximum absolute atomic E-state index is 12.9. The van der Waals surface area contributed by atoms with Crippen LogP contribution in [0.1, 0.15) is 226 Å². The summed E-state index contributed by atoms with van der Waals surface area (Å²) in [5.74, 6) is -1.99. The van der Waals surface area contributed by atoms with Gasteiger partial charge in [0.05, 0.1) is 6.61 Å². The van der Waals surface area contributed by atoms with Crippen LogP contribution in [-0.4, -0.2) is 96.0 Å². The summed E-state index contributed by atoms with van der Waals surface area (Å²) in [6.45, 7) is 3.67. The van der Waals surface area contributed by atoms with Crippen LogP contribution in [0, 0.1) is 0 Å². The number of carbonyl (C=O) groups excluding carboxylic acids is 2. The Morgan fingerprint density at radius 2 is 0.969 bits per heavy atom. The molecule has 12 nitrogen and oxygen atoms in total. The highest BCUT2D eigenvalue weighted by atomic mass is 32.2. The summed E-state index contributed by atoms with van der Waals surface area (Å²) in [6.07, 6.45) is 40.5. The topological polar surface area (TPSA) is 186 Å². The highest BCUT2D eigenvalue weighted by molar-refractivity contribution is 7.85. The monoisotopic (exact) mass is 943 g/mol. The van der Waals surface area contributed by atoms with Gasteiger partial charge in [-0.25, -0.2) is 0 Å². The summed E-state index contributed by atoms with van der Waals surface area (Å²) in [5.41, 5.74) is 0. The molecule has 13 heteroatoms. The molecule has 4 N–H and O–H groups in total. The molecule has 6 atom stereocenters. The number of carbonyl (C=O) groups is 2. The first kappa shape index (κ1) is 60.9. The second-order valence-corrected chi connectivity index (χ2v) is 19.7. The first-order chi connectivity index (χ1) is 31.5. The van der Waals surface area contributed by atoms with E-state index in [1.165, 1.54) is 116 Å². The molecule has 1 heterocycles. The highest BCUT2D eigenvalue weighted by Crippen LogP contribution is 2.24. The van der Waals surface area contributed by atoms with Crippen LogP contribution in [0.3, 0.4) is 0 Å². The summed E-state index contributed by atoms with van der Waals surface area (Å²) in [7, 11) is -4.61. The molecule has 0 aromatic heterocycles. The fraction of sp³-hybridized carbons (Fsp3) is 0.846. The van der Waals surface area contributed by atoms with Crippen LogP contribution < -0.4 is 0 Å². The van der Waals surface area contributed by atoms with Crippen LogP contribution in [0.15, 0.2) is 36.5 Å². The maximum Gasteiger partial charge on any atom is 0.306 e. The Kier molecular flexibility index (Phi) is 39.4. The third kappa shape index (κ3) is 36.6. The van der Waals surface area contributed by atoms with E-state index in [1.807, 2.05) is 0 Å². The van der Waals surface area contributed by atoms with Gasteiger partial charge < -0.3 is 34.3 Å². The van der Waals surface area contributed by atoms with Gasteiger partial charge in [0.1, 0.15) is 36.8 Å². The van der Waals surface area contributed by atoms with Crippen molar-refractivity contribution in [3.63, 3.8) is 0 Å². The zero-order valence-electron chi connectivity index (χ0n) is 40.8. The summed E-state index contributed by atoms with van der Waals surface area (Å²) < 4.78 is 54.2. The largest absolute Gasteiger partial charge is 0.462 e. The molecule has 1 rings (SSSR count). The van der Waals surface area contributed by atoms with Crippen LogP contribution in [0.5, 0.6) is 0 Å². The Bertz CT molecular complexity index is 1330. The van der Waals surface area contributed by atoms with Crippen molar-refractivity contribution in [3.05, 3.63) is 36.5 Å². The Morgan fingerprint density at radius 3 is 1.45 bits per heavy atom. The predicted molar refractivity (Wildman–Crippen MR) is 261 cm³/mol. The zero-order valence-corrected chi connectivity index (χ0v) is 41.7. The van der Waals surface area contributed by atoms with Crippen molar-refractivity contribution in [3.8, 4) is 0 Å². The van der Waals surface area contributed by atoms with E-state index in [4.69, 9.17) is 18.9 Å². The molecule has 1 aliphatic heterocycles. The van der Waals surface area contributed by atoms with Crippen molar-refractivity contribution < 1.29 is 56.8 Å². The number of hydrogen-bond acceptors (Lipinski definition) is 11. The molecule has 2 unspecified atom stereocenters. The van der Waals surface area contributed by atoms with Crippen molar-refractivity contribution in [2.75, 3.05) is 19.0 Å². The van der Waals surface area contributed by atoms with Gasteiger partial charge in [0.15, 0.2) is 12.4 Å². The van der Waals surface area contributed by atoms with E-state index in [9.17, 15) is 37.9 Å². The average Bonchev–Trinajstić information content (AvgIpc) is 3.27. The lowest BCUT2D eigenvalue weighted by molar-refractivity contribution is -0.297. The van der Waals surface area contributed by atoms with Gasteiger partial charge in [-0.15, -0.1) is 0 Å². The van der Waals surface area contributed by atoms with Gasteiger partial charge in [-0.05, 0) is 44.9 Å². The van der Waals surface area contributed by atoms with E-state index in [1.54, 1.807) is 0 Å². The lowest BCUT2D eigenvalue weighted by Gasteiger charge is -2.40. The molecule has 0 saturated carbocycles. The first-order valence-corrected chi connectivity index (χ1v) is 27.7. The second-order valence-electron chi connectivity index (χ2n) is 18.2. The predicted octanol–water partition coefficient (Wildman–Crippen LogP) is 11.7. The molecule has 0 bridgehead atoms. The number of ether oxygens (including phenoxy) is 4. The zero-order chi connectivity index (χ0) is 47.6. The van der Waals surface area contributed by atoms with Gasteiger partial charge >= 0.3 is 11.9 Å². The van der Waals surface area contributed by atoms with Crippen molar-refractivity contribution >= 4 is 22.1 Å². The lowest BCUT2D eigenvalue weighted by Crippen LogP contribution is -2.60. The minimum atomic E-state index is -4.61. The molecular formula is C52H94O12S. The molecule has 0 spiro atoms. The van der Waals surface area contributed by atoms with Crippen LogP contribution in [0.4, 0.5) is 0 Å². The average molecular weight is 943 g/mol. The molecule has 1 fully saturated rings. The fourth-order valence-electron chi connectivity index (χ4n) is 7.99. The SMILES string of the molecule is CC/C=C/C/C=C/C/C=C/CCCCCCCC(=O)OC[C@H](CO[C@H]1O[C@H](CS(=O)(=O)O)[C@@H](O)C(O)C1O)OC(=O)CCCCCCCCCCCCCCCCCCCCCCCC. The molecule has 1 saturated heterocycles. The van der Waals surface area contributed by atoms with Crippen molar-refractivity contribution in [1.29, 1.82) is 0 Å². The summed E-state index contributed by atoms with van der Waals surface area (Å²) in [4.78, 5) is 25.5. The third-order valence-corrected chi connectivity index (χ3v) is 12.7.